The third-order valence-corrected chi connectivity index (χ3v) is 3.56. The normalized spacial score (nSPS) is 12.0. The zero-order chi connectivity index (χ0) is 15.0. The van der Waals surface area contributed by atoms with Crippen molar-refractivity contribution in [2.45, 2.75) is 19.6 Å². The molecule has 0 aliphatic carbocycles. The van der Waals surface area contributed by atoms with E-state index in [0.717, 1.165) is 34.2 Å². The summed E-state index contributed by atoms with van der Waals surface area (Å²) >= 11 is 0. The van der Waals surface area contributed by atoms with Gasteiger partial charge in [0.2, 0.25) is 0 Å². The molecule has 0 aliphatic rings. The first kappa shape index (κ1) is 13.7. The molecule has 0 amide bonds. The maximum absolute atomic E-state index is 12.5. The van der Waals surface area contributed by atoms with E-state index < -0.39 is 11.7 Å². The second-order valence-electron chi connectivity index (χ2n) is 5.20. The molecule has 0 aliphatic heterocycles. The summed E-state index contributed by atoms with van der Waals surface area (Å²) in [7, 11) is 0. The quantitative estimate of drug-likeness (QED) is 0.624. The van der Waals surface area contributed by atoms with Gasteiger partial charge >= 0.3 is 6.18 Å². The monoisotopic (exact) mass is 289 g/mol. The highest BCUT2D eigenvalue weighted by Gasteiger charge is 2.29. The summed E-state index contributed by atoms with van der Waals surface area (Å²) in [6.07, 6.45) is -2.32. The Kier molecular flexibility index (Phi) is 3.24. The fourth-order valence-electron chi connectivity index (χ4n) is 2.43. The number of fused-ring (bicyclic) bond motifs is 1. The van der Waals surface area contributed by atoms with E-state index in [-0.39, 0.29) is 0 Å². The molecule has 0 atom stereocenters. The Balaban J connectivity index is 1.90. The fourth-order valence-corrected chi connectivity index (χ4v) is 2.43. The summed E-state index contributed by atoms with van der Waals surface area (Å²) in [5, 5.41) is 1.13. The molecule has 108 valence electrons. The minimum atomic E-state index is -4.28. The zero-order valence-corrected chi connectivity index (χ0v) is 11.5. The summed E-state index contributed by atoms with van der Waals surface area (Å²) in [6, 6.07) is 13.5. The molecular weight excluding hydrogens is 275 g/mol. The standard InChI is InChI=1S/C17H14F3N/c1-12-2-5-14-8-9-21(16(14)10-12)11-13-3-6-15(7-4-13)17(18,19)20/h2-10H,11H2,1H3. The topological polar surface area (TPSA) is 4.93 Å². The Morgan fingerprint density at radius 2 is 1.67 bits per heavy atom. The third-order valence-electron chi connectivity index (χ3n) is 3.56. The van der Waals surface area contributed by atoms with Crippen LogP contribution in [0, 0.1) is 6.92 Å². The molecule has 0 N–H and O–H groups in total. The van der Waals surface area contributed by atoms with E-state index in [9.17, 15) is 13.2 Å². The number of halogens is 3. The van der Waals surface area contributed by atoms with Gasteiger partial charge in [0.05, 0.1) is 5.56 Å². The number of rotatable bonds is 2. The molecule has 0 bridgehead atoms. The molecule has 0 fully saturated rings. The van der Waals surface area contributed by atoms with E-state index in [4.69, 9.17) is 0 Å². The SMILES string of the molecule is Cc1ccc2ccn(Cc3ccc(C(F)(F)F)cc3)c2c1. The molecule has 2 aromatic carbocycles. The van der Waals surface area contributed by atoms with Crippen molar-refractivity contribution < 1.29 is 13.2 Å². The minimum Gasteiger partial charge on any atom is -0.343 e. The van der Waals surface area contributed by atoms with E-state index in [1.165, 1.54) is 12.1 Å². The third kappa shape index (κ3) is 2.79. The van der Waals surface area contributed by atoms with Crippen molar-refractivity contribution in [2.75, 3.05) is 0 Å². The van der Waals surface area contributed by atoms with Crippen LogP contribution < -0.4 is 0 Å². The summed E-state index contributed by atoms with van der Waals surface area (Å²) in [6.45, 7) is 2.58. The van der Waals surface area contributed by atoms with Crippen LogP contribution in [0.3, 0.4) is 0 Å². The van der Waals surface area contributed by atoms with Gasteiger partial charge in [-0.2, -0.15) is 13.2 Å². The highest BCUT2D eigenvalue weighted by atomic mass is 19.4. The first-order valence-electron chi connectivity index (χ1n) is 6.65. The molecule has 0 saturated carbocycles. The van der Waals surface area contributed by atoms with Crippen molar-refractivity contribution in [2.24, 2.45) is 0 Å². The Morgan fingerprint density at radius 1 is 0.952 bits per heavy atom. The van der Waals surface area contributed by atoms with Crippen LogP contribution in [0.1, 0.15) is 16.7 Å². The van der Waals surface area contributed by atoms with Crippen molar-refractivity contribution >= 4 is 10.9 Å². The Morgan fingerprint density at radius 3 is 2.33 bits per heavy atom. The molecule has 3 rings (SSSR count). The van der Waals surface area contributed by atoms with Gasteiger partial charge in [-0.15, -0.1) is 0 Å². The molecule has 0 unspecified atom stereocenters. The van der Waals surface area contributed by atoms with E-state index >= 15 is 0 Å². The van der Waals surface area contributed by atoms with Crippen LogP contribution in [0.5, 0.6) is 0 Å². The molecule has 4 heteroatoms. The second kappa shape index (κ2) is 4.95. The van der Waals surface area contributed by atoms with Gasteiger partial charge in [0.1, 0.15) is 0 Å². The van der Waals surface area contributed by atoms with Gasteiger partial charge < -0.3 is 4.57 Å². The average molecular weight is 289 g/mol. The Bertz CT molecular complexity index is 767. The van der Waals surface area contributed by atoms with Gasteiger partial charge in [0.15, 0.2) is 0 Å². The van der Waals surface area contributed by atoms with E-state index in [1.807, 2.05) is 35.9 Å². The van der Waals surface area contributed by atoms with Crippen LogP contribution in [-0.2, 0) is 12.7 Å². The molecule has 0 spiro atoms. The van der Waals surface area contributed by atoms with Crippen molar-refractivity contribution in [3.8, 4) is 0 Å². The maximum atomic E-state index is 12.5. The fraction of sp³-hybridized carbons (Fsp3) is 0.176. The lowest BCUT2D eigenvalue weighted by atomic mass is 10.1. The molecule has 1 nitrogen and oxygen atoms in total. The van der Waals surface area contributed by atoms with Gasteiger partial charge in [0, 0.05) is 18.3 Å². The Hall–Kier alpha value is -2.23. The summed E-state index contributed by atoms with van der Waals surface area (Å²) in [5.74, 6) is 0. The molecule has 0 saturated heterocycles. The number of aromatic nitrogens is 1. The average Bonchev–Trinajstić information content (AvgIpc) is 2.81. The smallest absolute Gasteiger partial charge is 0.343 e. The predicted molar refractivity (Wildman–Crippen MR) is 77.2 cm³/mol. The summed E-state index contributed by atoms with van der Waals surface area (Å²) in [4.78, 5) is 0. The highest BCUT2D eigenvalue weighted by Crippen LogP contribution is 2.29. The molecule has 21 heavy (non-hydrogen) atoms. The number of hydrogen-bond donors (Lipinski definition) is 0. The molecule has 3 aromatic rings. The number of hydrogen-bond acceptors (Lipinski definition) is 0. The second-order valence-corrected chi connectivity index (χ2v) is 5.20. The lowest BCUT2D eigenvalue weighted by Gasteiger charge is -2.09. The number of benzene rings is 2. The van der Waals surface area contributed by atoms with E-state index in [2.05, 4.69) is 6.07 Å². The largest absolute Gasteiger partial charge is 0.416 e. The first-order valence-corrected chi connectivity index (χ1v) is 6.65. The predicted octanol–water partition coefficient (Wildman–Crippen LogP) is 5.02. The van der Waals surface area contributed by atoms with Gasteiger partial charge in [-0.05, 0) is 47.7 Å². The molecule has 0 radical (unpaired) electrons. The Labute approximate surface area is 120 Å². The van der Waals surface area contributed by atoms with Crippen LogP contribution in [0.15, 0.2) is 54.7 Å². The van der Waals surface area contributed by atoms with Crippen LogP contribution in [0.2, 0.25) is 0 Å². The number of nitrogens with zero attached hydrogens (tertiary/aromatic N) is 1. The highest BCUT2D eigenvalue weighted by molar-refractivity contribution is 5.80. The first-order chi connectivity index (χ1) is 9.93. The van der Waals surface area contributed by atoms with Crippen molar-refractivity contribution in [3.05, 3.63) is 71.4 Å². The van der Waals surface area contributed by atoms with Gasteiger partial charge in [-0.1, -0.05) is 24.3 Å². The van der Waals surface area contributed by atoms with Crippen molar-refractivity contribution in [3.63, 3.8) is 0 Å². The van der Waals surface area contributed by atoms with E-state index in [0.29, 0.717) is 6.54 Å². The van der Waals surface area contributed by atoms with E-state index in [1.54, 1.807) is 0 Å². The lowest BCUT2D eigenvalue weighted by molar-refractivity contribution is -0.137. The minimum absolute atomic E-state index is 0.561. The van der Waals surface area contributed by atoms with Crippen LogP contribution in [-0.4, -0.2) is 4.57 Å². The van der Waals surface area contributed by atoms with Crippen LogP contribution >= 0.6 is 0 Å². The molecule has 1 heterocycles. The molecular formula is C17H14F3N. The summed E-state index contributed by atoms with van der Waals surface area (Å²) in [5.41, 5.74) is 2.49. The van der Waals surface area contributed by atoms with Gasteiger partial charge in [0.25, 0.3) is 0 Å². The number of alkyl halides is 3. The summed E-state index contributed by atoms with van der Waals surface area (Å²) < 4.78 is 39.7. The van der Waals surface area contributed by atoms with Crippen molar-refractivity contribution in [1.29, 1.82) is 0 Å². The number of aryl methyl sites for hydroxylation is 1. The van der Waals surface area contributed by atoms with Gasteiger partial charge in [-0.3, -0.25) is 0 Å². The maximum Gasteiger partial charge on any atom is 0.416 e. The van der Waals surface area contributed by atoms with Crippen molar-refractivity contribution in [1.82, 2.24) is 4.57 Å². The molecule has 1 aromatic heterocycles. The van der Waals surface area contributed by atoms with Crippen LogP contribution in [0.4, 0.5) is 13.2 Å². The zero-order valence-electron chi connectivity index (χ0n) is 11.5. The van der Waals surface area contributed by atoms with Crippen LogP contribution in [0.25, 0.3) is 10.9 Å². The van der Waals surface area contributed by atoms with Gasteiger partial charge in [-0.25, -0.2) is 0 Å². The lowest BCUT2D eigenvalue weighted by Crippen LogP contribution is -2.05.